The van der Waals surface area contributed by atoms with Gasteiger partial charge in [0.05, 0.1) is 0 Å². The molecule has 1 aromatic heterocycles. The van der Waals surface area contributed by atoms with E-state index in [9.17, 15) is 17.6 Å². The minimum absolute atomic E-state index is 0.141. The topological polar surface area (TPSA) is 26.0 Å². The summed E-state index contributed by atoms with van der Waals surface area (Å²) >= 11 is 0. The monoisotopic (exact) mass is 205 g/mol. The van der Waals surface area contributed by atoms with Crippen LogP contribution in [-0.2, 0) is 6.18 Å². The number of fused-ring (bicyclic) bond motifs is 1. The second-order valence-electron chi connectivity index (χ2n) is 2.65. The van der Waals surface area contributed by atoms with E-state index in [-0.39, 0.29) is 5.52 Å². The Morgan fingerprint density at radius 2 is 1.93 bits per heavy atom. The van der Waals surface area contributed by atoms with Gasteiger partial charge >= 0.3 is 6.18 Å². The third-order valence-corrected chi connectivity index (χ3v) is 1.70. The maximum absolute atomic E-state index is 12.7. The Kier molecular flexibility index (Phi) is 1.73. The molecule has 0 aliphatic rings. The number of benzene rings is 1. The molecule has 0 aliphatic heterocycles. The molecular weight excluding hydrogens is 202 g/mol. The number of hydrogen-bond acceptors (Lipinski definition) is 2. The number of hydrogen-bond donors (Lipinski definition) is 0. The molecule has 0 saturated carbocycles. The van der Waals surface area contributed by atoms with Crippen molar-refractivity contribution < 1.29 is 22.0 Å². The average molecular weight is 205 g/mol. The number of aromatic nitrogens is 1. The number of halogens is 4. The molecule has 1 heterocycles. The standard InChI is InChI=1S/C8H3F4NO/c9-4-1-5(8(10,11)12)7-6(2-4)13-3-14-7/h1-3H. The summed E-state index contributed by atoms with van der Waals surface area (Å²) in [4.78, 5) is 3.45. The first-order valence-corrected chi connectivity index (χ1v) is 3.58. The van der Waals surface area contributed by atoms with Crippen molar-refractivity contribution in [1.29, 1.82) is 0 Å². The summed E-state index contributed by atoms with van der Waals surface area (Å²) in [6.45, 7) is 0. The molecule has 2 rings (SSSR count). The van der Waals surface area contributed by atoms with Crippen LogP contribution in [0.2, 0.25) is 0 Å². The molecule has 0 saturated heterocycles. The van der Waals surface area contributed by atoms with E-state index >= 15 is 0 Å². The van der Waals surface area contributed by atoms with Crippen LogP contribution in [-0.4, -0.2) is 4.98 Å². The van der Waals surface area contributed by atoms with E-state index < -0.39 is 23.1 Å². The van der Waals surface area contributed by atoms with Crippen LogP contribution in [0.5, 0.6) is 0 Å². The minimum Gasteiger partial charge on any atom is -0.443 e. The summed E-state index contributed by atoms with van der Waals surface area (Å²) in [5.74, 6) is -0.987. The Hall–Kier alpha value is -1.59. The second kappa shape index (κ2) is 2.70. The molecule has 0 unspecified atom stereocenters. The summed E-state index contributed by atoms with van der Waals surface area (Å²) in [6, 6.07) is 1.27. The zero-order valence-electron chi connectivity index (χ0n) is 6.60. The molecule has 6 heteroatoms. The van der Waals surface area contributed by atoms with Gasteiger partial charge in [-0.25, -0.2) is 9.37 Å². The Morgan fingerprint density at radius 1 is 1.21 bits per heavy atom. The lowest BCUT2D eigenvalue weighted by Gasteiger charge is -2.05. The lowest BCUT2D eigenvalue weighted by Crippen LogP contribution is -2.05. The molecule has 0 amide bonds. The smallest absolute Gasteiger partial charge is 0.420 e. The highest BCUT2D eigenvalue weighted by atomic mass is 19.4. The maximum atomic E-state index is 12.7. The number of oxazole rings is 1. The highest BCUT2D eigenvalue weighted by molar-refractivity contribution is 5.76. The van der Waals surface area contributed by atoms with Crippen molar-refractivity contribution >= 4 is 11.1 Å². The van der Waals surface area contributed by atoms with Gasteiger partial charge in [-0.3, -0.25) is 0 Å². The van der Waals surface area contributed by atoms with Crippen LogP contribution in [0.4, 0.5) is 17.6 Å². The van der Waals surface area contributed by atoms with E-state index in [1.165, 1.54) is 0 Å². The highest BCUT2D eigenvalue weighted by Crippen LogP contribution is 2.34. The molecule has 0 bridgehead atoms. The van der Waals surface area contributed by atoms with Crippen LogP contribution in [0, 0.1) is 5.82 Å². The van der Waals surface area contributed by atoms with Gasteiger partial charge in [0, 0.05) is 6.07 Å². The highest BCUT2D eigenvalue weighted by Gasteiger charge is 2.35. The third-order valence-electron chi connectivity index (χ3n) is 1.70. The van der Waals surface area contributed by atoms with Gasteiger partial charge in [0.25, 0.3) is 0 Å². The maximum Gasteiger partial charge on any atom is 0.420 e. The predicted octanol–water partition coefficient (Wildman–Crippen LogP) is 2.99. The van der Waals surface area contributed by atoms with E-state index in [2.05, 4.69) is 9.40 Å². The second-order valence-corrected chi connectivity index (χ2v) is 2.65. The summed E-state index contributed by atoms with van der Waals surface area (Å²) in [5.41, 5.74) is -1.73. The van der Waals surface area contributed by atoms with Crippen LogP contribution >= 0.6 is 0 Å². The molecular formula is C8H3F4NO. The first-order chi connectivity index (χ1) is 6.48. The third kappa shape index (κ3) is 1.32. The van der Waals surface area contributed by atoms with Crippen LogP contribution in [0.3, 0.4) is 0 Å². The van der Waals surface area contributed by atoms with E-state index in [1.54, 1.807) is 0 Å². The number of nitrogens with zero attached hydrogens (tertiary/aromatic N) is 1. The van der Waals surface area contributed by atoms with Gasteiger partial charge in [0.1, 0.15) is 16.9 Å². The van der Waals surface area contributed by atoms with E-state index in [0.29, 0.717) is 6.07 Å². The minimum atomic E-state index is -4.64. The molecule has 0 atom stereocenters. The molecule has 0 fully saturated rings. The van der Waals surface area contributed by atoms with Crippen molar-refractivity contribution in [2.75, 3.05) is 0 Å². The van der Waals surface area contributed by atoms with Crippen molar-refractivity contribution in [3.8, 4) is 0 Å². The summed E-state index contributed by atoms with van der Waals surface area (Å²) in [6.07, 6.45) is -3.79. The van der Waals surface area contributed by atoms with Gasteiger partial charge in [-0.15, -0.1) is 0 Å². The Morgan fingerprint density at radius 3 is 2.57 bits per heavy atom. The molecule has 2 nitrogen and oxygen atoms in total. The Bertz CT molecular complexity index is 474. The quantitative estimate of drug-likeness (QED) is 0.618. The van der Waals surface area contributed by atoms with Gasteiger partial charge in [0.15, 0.2) is 12.0 Å². The summed E-state index contributed by atoms with van der Waals surface area (Å²) < 4.78 is 54.2. The van der Waals surface area contributed by atoms with E-state index in [4.69, 9.17) is 0 Å². The van der Waals surface area contributed by atoms with Crippen LogP contribution in [0.1, 0.15) is 5.56 Å². The van der Waals surface area contributed by atoms with Crippen molar-refractivity contribution in [3.63, 3.8) is 0 Å². The number of rotatable bonds is 0. The van der Waals surface area contributed by atoms with Gasteiger partial charge < -0.3 is 4.42 Å². The first kappa shape index (κ1) is 8.98. The van der Waals surface area contributed by atoms with Crippen LogP contribution in [0.15, 0.2) is 22.9 Å². The zero-order valence-corrected chi connectivity index (χ0v) is 6.60. The fraction of sp³-hybridized carbons (Fsp3) is 0.125. The fourth-order valence-electron chi connectivity index (χ4n) is 1.15. The number of alkyl halides is 3. The summed E-state index contributed by atoms with van der Waals surface area (Å²) in [5, 5.41) is 0. The predicted molar refractivity (Wildman–Crippen MR) is 39.0 cm³/mol. The average Bonchev–Trinajstić information content (AvgIpc) is 2.47. The fourth-order valence-corrected chi connectivity index (χ4v) is 1.15. The van der Waals surface area contributed by atoms with Crippen LogP contribution < -0.4 is 0 Å². The molecule has 74 valence electrons. The van der Waals surface area contributed by atoms with Crippen LogP contribution in [0.25, 0.3) is 11.1 Å². The van der Waals surface area contributed by atoms with E-state index in [0.717, 1.165) is 12.5 Å². The molecule has 0 aliphatic carbocycles. The Balaban J connectivity index is 2.80. The largest absolute Gasteiger partial charge is 0.443 e. The summed E-state index contributed by atoms with van der Waals surface area (Å²) in [7, 11) is 0. The first-order valence-electron chi connectivity index (χ1n) is 3.58. The zero-order chi connectivity index (χ0) is 10.3. The Labute approximate surface area is 75.2 Å². The lowest BCUT2D eigenvalue weighted by molar-refractivity contribution is -0.137. The van der Waals surface area contributed by atoms with Crippen molar-refractivity contribution in [3.05, 3.63) is 29.9 Å². The SMILES string of the molecule is Fc1cc(C(F)(F)F)c2ocnc2c1. The normalized spacial score (nSPS) is 12.3. The van der Waals surface area contributed by atoms with Gasteiger partial charge in [-0.1, -0.05) is 0 Å². The van der Waals surface area contributed by atoms with Crippen molar-refractivity contribution in [2.24, 2.45) is 0 Å². The molecule has 14 heavy (non-hydrogen) atoms. The molecule has 0 radical (unpaired) electrons. The van der Waals surface area contributed by atoms with Gasteiger partial charge in [0.2, 0.25) is 0 Å². The van der Waals surface area contributed by atoms with Gasteiger partial charge in [-0.05, 0) is 6.07 Å². The van der Waals surface area contributed by atoms with E-state index in [1.807, 2.05) is 0 Å². The van der Waals surface area contributed by atoms with Crippen molar-refractivity contribution in [2.45, 2.75) is 6.18 Å². The molecule has 2 aromatic rings. The molecule has 0 N–H and O–H groups in total. The van der Waals surface area contributed by atoms with Gasteiger partial charge in [-0.2, -0.15) is 13.2 Å². The lowest BCUT2D eigenvalue weighted by atomic mass is 10.2. The van der Waals surface area contributed by atoms with Crippen molar-refractivity contribution in [1.82, 2.24) is 4.98 Å². The molecule has 1 aromatic carbocycles. The molecule has 0 spiro atoms.